The first-order valence-corrected chi connectivity index (χ1v) is 8.40. The van der Waals surface area contributed by atoms with E-state index in [9.17, 15) is 4.79 Å². The SMILES string of the molecule is Cc1nn(C)c(C)c1-c1cc2n(n1)CCCN(C(=O)C1CC1)C2. The normalized spacial score (nSPS) is 18.0. The lowest BCUT2D eigenvalue weighted by Crippen LogP contribution is -2.31. The summed E-state index contributed by atoms with van der Waals surface area (Å²) in [6, 6.07) is 2.13. The highest BCUT2D eigenvalue weighted by Crippen LogP contribution is 2.33. The van der Waals surface area contributed by atoms with E-state index in [1.807, 2.05) is 23.6 Å². The molecule has 1 aliphatic heterocycles. The Morgan fingerprint density at radius 2 is 2.00 bits per heavy atom. The number of carbonyl (C=O) groups is 1. The van der Waals surface area contributed by atoms with Gasteiger partial charge < -0.3 is 4.90 Å². The van der Waals surface area contributed by atoms with Gasteiger partial charge in [-0.2, -0.15) is 10.2 Å². The molecule has 2 aliphatic rings. The number of nitrogens with zero attached hydrogens (tertiary/aromatic N) is 5. The van der Waals surface area contributed by atoms with Crippen molar-refractivity contribution in [3.63, 3.8) is 0 Å². The van der Waals surface area contributed by atoms with Gasteiger partial charge in [-0.25, -0.2) is 0 Å². The molecule has 6 heteroatoms. The van der Waals surface area contributed by atoms with Crippen LogP contribution >= 0.6 is 0 Å². The Morgan fingerprint density at radius 1 is 1.22 bits per heavy atom. The van der Waals surface area contributed by atoms with Crippen molar-refractivity contribution in [1.82, 2.24) is 24.5 Å². The van der Waals surface area contributed by atoms with Gasteiger partial charge in [0.15, 0.2) is 0 Å². The van der Waals surface area contributed by atoms with Crippen LogP contribution in [0.2, 0.25) is 0 Å². The number of carbonyl (C=O) groups excluding carboxylic acids is 1. The van der Waals surface area contributed by atoms with Crippen LogP contribution in [-0.4, -0.2) is 36.9 Å². The Kier molecular flexibility index (Phi) is 3.28. The van der Waals surface area contributed by atoms with Gasteiger partial charge in [-0.1, -0.05) is 0 Å². The van der Waals surface area contributed by atoms with Crippen molar-refractivity contribution in [2.24, 2.45) is 13.0 Å². The van der Waals surface area contributed by atoms with Crippen LogP contribution in [0.4, 0.5) is 0 Å². The molecule has 1 aliphatic carbocycles. The van der Waals surface area contributed by atoms with E-state index >= 15 is 0 Å². The predicted octanol–water partition coefficient (Wildman–Crippen LogP) is 2.04. The summed E-state index contributed by atoms with van der Waals surface area (Å²) in [6.45, 7) is 6.50. The van der Waals surface area contributed by atoms with Crippen LogP contribution in [0, 0.1) is 19.8 Å². The average molecular weight is 313 g/mol. The topological polar surface area (TPSA) is 56.0 Å². The van der Waals surface area contributed by atoms with Gasteiger partial charge in [-0.3, -0.25) is 14.2 Å². The van der Waals surface area contributed by atoms with Crippen molar-refractivity contribution in [3.05, 3.63) is 23.1 Å². The number of aryl methyl sites for hydroxylation is 3. The smallest absolute Gasteiger partial charge is 0.226 e. The number of hydrogen-bond donors (Lipinski definition) is 0. The summed E-state index contributed by atoms with van der Waals surface area (Å²) in [5.41, 5.74) is 5.36. The Hall–Kier alpha value is -2.11. The van der Waals surface area contributed by atoms with Crippen LogP contribution in [0.15, 0.2) is 6.07 Å². The van der Waals surface area contributed by atoms with E-state index in [-0.39, 0.29) is 5.92 Å². The standard InChI is InChI=1S/C17H23N5O/c1-11-16(12(2)20(3)18-11)15-9-14-10-21(17(23)13-5-6-13)7-4-8-22(14)19-15/h9,13H,4-8,10H2,1-3H3. The summed E-state index contributed by atoms with van der Waals surface area (Å²) in [4.78, 5) is 14.4. The maximum absolute atomic E-state index is 12.4. The second-order valence-corrected chi connectivity index (χ2v) is 6.80. The van der Waals surface area contributed by atoms with Crippen molar-refractivity contribution in [2.75, 3.05) is 6.54 Å². The third-order valence-electron chi connectivity index (χ3n) is 5.02. The fourth-order valence-electron chi connectivity index (χ4n) is 3.51. The molecule has 3 heterocycles. The summed E-state index contributed by atoms with van der Waals surface area (Å²) in [5.74, 6) is 0.613. The lowest BCUT2D eigenvalue weighted by atomic mass is 10.1. The fourth-order valence-corrected chi connectivity index (χ4v) is 3.51. The van der Waals surface area contributed by atoms with Gasteiger partial charge in [0.2, 0.25) is 5.91 Å². The van der Waals surface area contributed by atoms with Crippen LogP contribution < -0.4 is 0 Å². The summed E-state index contributed by atoms with van der Waals surface area (Å²) in [5, 5.41) is 9.28. The van der Waals surface area contributed by atoms with E-state index in [1.54, 1.807) is 0 Å². The van der Waals surface area contributed by atoms with Gasteiger partial charge in [-0.15, -0.1) is 0 Å². The predicted molar refractivity (Wildman–Crippen MR) is 86.7 cm³/mol. The molecule has 4 rings (SSSR count). The van der Waals surface area contributed by atoms with Gasteiger partial charge in [0.05, 0.1) is 23.6 Å². The van der Waals surface area contributed by atoms with Crippen molar-refractivity contribution >= 4 is 5.91 Å². The second kappa shape index (κ2) is 5.22. The minimum atomic E-state index is 0.284. The highest BCUT2D eigenvalue weighted by Gasteiger charge is 2.34. The first-order valence-electron chi connectivity index (χ1n) is 8.40. The summed E-state index contributed by atoms with van der Waals surface area (Å²) < 4.78 is 3.97. The number of amides is 1. The lowest BCUT2D eigenvalue weighted by molar-refractivity contribution is -0.133. The van der Waals surface area contributed by atoms with Gasteiger partial charge in [-0.05, 0) is 39.2 Å². The molecule has 122 valence electrons. The zero-order valence-electron chi connectivity index (χ0n) is 14.0. The molecule has 2 aromatic rings. The number of aromatic nitrogens is 4. The second-order valence-electron chi connectivity index (χ2n) is 6.80. The molecule has 0 atom stereocenters. The molecule has 1 amide bonds. The Morgan fingerprint density at radius 3 is 2.65 bits per heavy atom. The minimum absolute atomic E-state index is 0.284. The lowest BCUT2D eigenvalue weighted by Gasteiger charge is -2.19. The van der Waals surface area contributed by atoms with Crippen molar-refractivity contribution < 1.29 is 4.79 Å². The molecule has 2 aromatic heterocycles. The van der Waals surface area contributed by atoms with Crippen molar-refractivity contribution in [1.29, 1.82) is 0 Å². The van der Waals surface area contributed by atoms with Crippen LogP contribution in [-0.2, 0) is 24.9 Å². The van der Waals surface area contributed by atoms with E-state index in [0.29, 0.717) is 12.5 Å². The maximum atomic E-state index is 12.4. The van der Waals surface area contributed by atoms with Crippen molar-refractivity contribution in [3.8, 4) is 11.3 Å². The molecule has 6 nitrogen and oxygen atoms in total. The first-order chi connectivity index (χ1) is 11.0. The third kappa shape index (κ3) is 2.46. The van der Waals surface area contributed by atoms with E-state index in [4.69, 9.17) is 5.10 Å². The first kappa shape index (κ1) is 14.5. The number of fused-ring (bicyclic) bond motifs is 1. The minimum Gasteiger partial charge on any atom is -0.337 e. The fraction of sp³-hybridized carbons (Fsp3) is 0.588. The van der Waals surface area contributed by atoms with Crippen LogP contribution in [0.3, 0.4) is 0 Å². The highest BCUT2D eigenvalue weighted by atomic mass is 16.2. The molecular formula is C17H23N5O. The number of hydrogen-bond acceptors (Lipinski definition) is 3. The van der Waals surface area contributed by atoms with Crippen LogP contribution in [0.1, 0.15) is 36.3 Å². The molecule has 23 heavy (non-hydrogen) atoms. The molecule has 0 saturated heterocycles. The summed E-state index contributed by atoms with van der Waals surface area (Å²) in [7, 11) is 1.96. The maximum Gasteiger partial charge on any atom is 0.226 e. The zero-order chi connectivity index (χ0) is 16.1. The Labute approximate surface area is 136 Å². The largest absolute Gasteiger partial charge is 0.337 e. The molecule has 0 N–H and O–H groups in total. The van der Waals surface area contributed by atoms with E-state index in [2.05, 4.69) is 22.8 Å². The molecule has 0 aromatic carbocycles. The van der Waals surface area contributed by atoms with E-state index < -0.39 is 0 Å². The monoisotopic (exact) mass is 313 g/mol. The summed E-state index contributed by atoms with van der Waals surface area (Å²) >= 11 is 0. The van der Waals surface area contributed by atoms with Gasteiger partial charge in [0.1, 0.15) is 0 Å². The summed E-state index contributed by atoms with van der Waals surface area (Å²) in [6.07, 6.45) is 3.10. The molecule has 0 spiro atoms. The van der Waals surface area contributed by atoms with Gasteiger partial charge in [0, 0.05) is 37.3 Å². The molecule has 0 unspecified atom stereocenters. The van der Waals surface area contributed by atoms with E-state index in [1.165, 1.54) is 0 Å². The zero-order valence-corrected chi connectivity index (χ0v) is 14.0. The van der Waals surface area contributed by atoms with E-state index in [0.717, 1.165) is 60.7 Å². The molecule has 1 fully saturated rings. The third-order valence-corrected chi connectivity index (χ3v) is 5.02. The molecule has 0 bridgehead atoms. The van der Waals surface area contributed by atoms with Crippen LogP contribution in [0.25, 0.3) is 11.3 Å². The quantitative estimate of drug-likeness (QED) is 0.852. The number of rotatable bonds is 2. The van der Waals surface area contributed by atoms with Crippen molar-refractivity contribution in [2.45, 2.75) is 46.2 Å². The van der Waals surface area contributed by atoms with Gasteiger partial charge >= 0.3 is 0 Å². The molecule has 1 saturated carbocycles. The molecule has 0 radical (unpaired) electrons. The Balaban J connectivity index is 1.66. The molecular weight excluding hydrogens is 290 g/mol. The van der Waals surface area contributed by atoms with Gasteiger partial charge in [0.25, 0.3) is 0 Å². The average Bonchev–Trinajstić information content (AvgIpc) is 3.27. The Bertz CT molecular complexity index is 768. The highest BCUT2D eigenvalue weighted by molar-refractivity contribution is 5.81. The van der Waals surface area contributed by atoms with Crippen LogP contribution in [0.5, 0.6) is 0 Å².